The second-order valence-corrected chi connectivity index (χ2v) is 7.59. The Labute approximate surface area is 164 Å². The van der Waals surface area contributed by atoms with Gasteiger partial charge in [-0.25, -0.2) is 0 Å². The van der Waals surface area contributed by atoms with Gasteiger partial charge in [-0.2, -0.15) is 0 Å². The zero-order valence-electron chi connectivity index (χ0n) is 15.5. The minimum Gasteiger partial charge on any atom is -0.303 e. The number of nitrogens with one attached hydrogen (secondary N) is 2. The van der Waals surface area contributed by atoms with Crippen molar-refractivity contribution in [1.82, 2.24) is 15.8 Å². The quantitative estimate of drug-likeness (QED) is 0.453. The third-order valence-electron chi connectivity index (χ3n) is 4.24. The first-order valence-corrected chi connectivity index (χ1v) is 9.84. The molecule has 0 atom stereocenters. The van der Waals surface area contributed by atoms with E-state index in [4.69, 9.17) is 0 Å². The van der Waals surface area contributed by atoms with Gasteiger partial charge in [-0.3, -0.25) is 15.2 Å². The zero-order valence-corrected chi connectivity index (χ0v) is 16.3. The van der Waals surface area contributed by atoms with Gasteiger partial charge in [-0.1, -0.05) is 50.8 Å². The van der Waals surface area contributed by atoms with Crippen molar-refractivity contribution in [3.63, 3.8) is 0 Å². The largest absolute Gasteiger partial charge is 0.303 e. The maximum Gasteiger partial charge on any atom is 0.269 e. The number of nitrogens with zero attached hydrogens (tertiary/aromatic N) is 1. The lowest BCUT2D eigenvalue weighted by Gasteiger charge is -2.13. The number of carbonyl (C=O) groups excluding carboxylic acids is 1. The van der Waals surface area contributed by atoms with E-state index in [1.165, 1.54) is 0 Å². The summed E-state index contributed by atoms with van der Waals surface area (Å²) in [5.74, 6) is 0.905. The van der Waals surface area contributed by atoms with E-state index in [2.05, 4.69) is 46.7 Å². The summed E-state index contributed by atoms with van der Waals surface area (Å²) in [6.07, 6.45) is 1.82. The van der Waals surface area contributed by atoms with Crippen LogP contribution in [0.4, 0.5) is 0 Å². The number of carbonyl (C=O) groups is 1. The summed E-state index contributed by atoms with van der Waals surface area (Å²) in [4.78, 5) is 17.8. The highest BCUT2D eigenvalue weighted by Gasteiger charge is 2.07. The van der Waals surface area contributed by atoms with Crippen LogP contribution in [0, 0.1) is 5.92 Å². The lowest BCUT2D eigenvalue weighted by atomic mass is 10.1. The number of para-hydroxylation sites is 1. The summed E-state index contributed by atoms with van der Waals surface area (Å²) < 4.78 is 0. The highest BCUT2D eigenvalue weighted by atomic mass is 32.2. The van der Waals surface area contributed by atoms with Gasteiger partial charge in [-0.05, 0) is 35.7 Å². The van der Waals surface area contributed by atoms with Crippen molar-refractivity contribution in [2.75, 3.05) is 0 Å². The predicted octanol–water partition coefficient (Wildman–Crippen LogP) is 4.93. The molecule has 0 aliphatic rings. The first-order chi connectivity index (χ1) is 13.0. The van der Waals surface area contributed by atoms with Gasteiger partial charge in [0.1, 0.15) is 0 Å². The molecule has 5 heteroatoms. The fourth-order valence-electron chi connectivity index (χ4n) is 2.46. The third-order valence-corrected chi connectivity index (χ3v) is 5.36. The molecular formula is C22H23N3OS. The summed E-state index contributed by atoms with van der Waals surface area (Å²) in [5.41, 5.74) is 9.10. The van der Waals surface area contributed by atoms with Crippen LogP contribution in [0.1, 0.15) is 29.8 Å². The molecule has 0 bridgehead atoms. The topological polar surface area (TPSA) is 54.0 Å². The Bertz CT molecular complexity index is 946. The number of hydrogen-bond donors (Lipinski definition) is 2. The van der Waals surface area contributed by atoms with Gasteiger partial charge >= 0.3 is 0 Å². The van der Waals surface area contributed by atoms with Crippen LogP contribution in [0.2, 0.25) is 0 Å². The molecule has 0 aliphatic carbocycles. The molecule has 138 valence electrons. The Morgan fingerprint density at radius 2 is 1.81 bits per heavy atom. The van der Waals surface area contributed by atoms with Gasteiger partial charge < -0.3 is 5.43 Å². The minimum absolute atomic E-state index is 0.172. The SMILES string of the molecule is C=C(NNC(=O)c1ccc(CSc2cccc3cccnc23)cc1)C(C)C. The second-order valence-electron chi connectivity index (χ2n) is 6.58. The third kappa shape index (κ3) is 4.89. The average Bonchev–Trinajstić information content (AvgIpc) is 2.70. The lowest BCUT2D eigenvalue weighted by Crippen LogP contribution is -2.37. The van der Waals surface area contributed by atoms with Crippen LogP contribution in [0.5, 0.6) is 0 Å². The lowest BCUT2D eigenvalue weighted by molar-refractivity contribution is 0.0937. The van der Waals surface area contributed by atoms with E-state index in [9.17, 15) is 4.79 Å². The molecule has 27 heavy (non-hydrogen) atoms. The summed E-state index contributed by atoms with van der Waals surface area (Å²) in [6.45, 7) is 7.90. The fraction of sp³-hybridized carbons (Fsp3) is 0.182. The van der Waals surface area contributed by atoms with Gasteiger partial charge in [0.2, 0.25) is 0 Å². The number of thioether (sulfide) groups is 1. The first kappa shape index (κ1) is 19.0. The van der Waals surface area contributed by atoms with E-state index in [1.807, 2.05) is 50.4 Å². The molecule has 0 spiro atoms. The summed E-state index contributed by atoms with van der Waals surface area (Å²) in [7, 11) is 0. The summed E-state index contributed by atoms with van der Waals surface area (Å²) in [6, 6.07) is 17.9. The molecule has 0 unspecified atom stereocenters. The van der Waals surface area contributed by atoms with Crippen LogP contribution in [-0.4, -0.2) is 10.9 Å². The van der Waals surface area contributed by atoms with Crippen LogP contribution < -0.4 is 10.9 Å². The minimum atomic E-state index is -0.172. The van der Waals surface area contributed by atoms with Crippen molar-refractivity contribution in [3.8, 4) is 0 Å². The molecule has 0 aliphatic heterocycles. The fourth-order valence-corrected chi connectivity index (χ4v) is 3.46. The average molecular weight is 378 g/mol. The molecule has 3 rings (SSSR count). The summed E-state index contributed by atoms with van der Waals surface area (Å²) >= 11 is 1.75. The molecule has 0 saturated carbocycles. The van der Waals surface area contributed by atoms with Crippen molar-refractivity contribution >= 4 is 28.6 Å². The molecule has 4 nitrogen and oxygen atoms in total. The molecular weight excluding hydrogens is 354 g/mol. The number of fused-ring (bicyclic) bond motifs is 1. The number of allylic oxidation sites excluding steroid dienone is 1. The number of pyridine rings is 1. The van der Waals surface area contributed by atoms with E-state index >= 15 is 0 Å². The smallest absolute Gasteiger partial charge is 0.269 e. The van der Waals surface area contributed by atoms with E-state index in [0.717, 1.165) is 32.8 Å². The molecule has 1 heterocycles. The van der Waals surface area contributed by atoms with Crippen LogP contribution in [0.25, 0.3) is 10.9 Å². The van der Waals surface area contributed by atoms with Crippen LogP contribution in [0.15, 0.2) is 78.0 Å². The molecule has 2 N–H and O–H groups in total. The molecule has 3 aromatic rings. The van der Waals surface area contributed by atoms with Gasteiger partial charge in [0.25, 0.3) is 5.91 Å². The van der Waals surface area contributed by atoms with Crippen molar-refractivity contribution in [2.24, 2.45) is 5.92 Å². The second kappa shape index (κ2) is 8.73. The standard InChI is InChI=1S/C22H23N3OS/c1-15(2)16(3)24-25-22(26)19-11-9-17(10-12-19)14-27-20-8-4-6-18-7-5-13-23-21(18)20/h4-13,15,24H,3,14H2,1-2H3,(H,25,26). The van der Waals surface area contributed by atoms with Crippen molar-refractivity contribution < 1.29 is 4.79 Å². The van der Waals surface area contributed by atoms with E-state index in [-0.39, 0.29) is 11.8 Å². The number of hydrogen-bond acceptors (Lipinski definition) is 4. The van der Waals surface area contributed by atoms with E-state index < -0.39 is 0 Å². The molecule has 1 aromatic heterocycles. The van der Waals surface area contributed by atoms with Crippen molar-refractivity contribution in [2.45, 2.75) is 24.5 Å². The number of benzene rings is 2. The van der Waals surface area contributed by atoms with Gasteiger partial charge in [0.05, 0.1) is 5.52 Å². The van der Waals surface area contributed by atoms with Crippen molar-refractivity contribution in [1.29, 1.82) is 0 Å². The number of amides is 1. The Kier molecular flexibility index (Phi) is 6.14. The molecule has 0 radical (unpaired) electrons. The highest BCUT2D eigenvalue weighted by Crippen LogP contribution is 2.28. The van der Waals surface area contributed by atoms with Crippen molar-refractivity contribution in [3.05, 3.63) is 84.2 Å². The van der Waals surface area contributed by atoms with Gasteiger partial charge in [0, 0.05) is 33.5 Å². The van der Waals surface area contributed by atoms with E-state index in [0.29, 0.717) is 5.56 Å². The maximum atomic E-state index is 12.2. The first-order valence-electron chi connectivity index (χ1n) is 8.85. The van der Waals surface area contributed by atoms with Crippen LogP contribution in [-0.2, 0) is 5.75 Å². The van der Waals surface area contributed by atoms with Gasteiger partial charge in [0.15, 0.2) is 0 Å². The predicted molar refractivity (Wildman–Crippen MR) is 112 cm³/mol. The molecule has 0 saturated heterocycles. The maximum absolute atomic E-state index is 12.2. The highest BCUT2D eigenvalue weighted by molar-refractivity contribution is 7.98. The molecule has 1 amide bonds. The number of aromatic nitrogens is 1. The van der Waals surface area contributed by atoms with Gasteiger partial charge in [-0.15, -0.1) is 11.8 Å². The Hall–Kier alpha value is -2.79. The van der Waals surface area contributed by atoms with Crippen LogP contribution in [0.3, 0.4) is 0 Å². The van der Waals surface area contributed by atoms with E-state index in [1.54, 1.807) is 11.8 Å². The summed E-state index contributed by atoms with van der Waals surface area (Å²) in [5, 5.41) is 1.14. The monoisotopic (exact) mass is 377 g/mol. The number of rotatable bonds is 7. The Balaban J connectivity index is 1.60. The molecule has 2 aromatic carbocycles. The molecule has 0 fully saturated rings. The number of hydrazine groups is 1. The Morgan fingerprint density at radius 1 is 1.07 bits per heavy atom. The van der Waals surface area contributed by atoms with Crippen LogP contribution >= 0.6 is 11.8 Å². The Morgan fingerprint density at radius 3 is 2.56 bits per heavy atom. The zero-order chi connectivity index (χ0) is 19.2. The normalized spacial score (nSPS) is 10.8.